The summed E-state index contributed by atoms with van der Waals surface area (Å²) in [5.74, 6) is 0.526. The number of amides is 1. The van der Waals surface area contributed by atoms with Crippen LogP contribution in [0.25, 0.3) is 10.9 Å². The first-order valence-corrected chi connectivity index (χ1v) is 7.39. The lowest BCUT2D eigenvalue weighted by atomic mass is 10.0. The van der Waals surface area contributed by atoms with E-state index in [9.17, 15) is 4.79 Å². The maximum absolute atomic E-state index is 12.1. The van der Waals surface area contributed by atoms with Crippen LogP contribution in [0.15, 0.2) is 18.2 Å². The van der Waals surface area contributed by atoms with E-state index >= 15 is 0 Å². The highest BCUT2D eigenvalue weighted by Gasteiger charge is 2.23. The van der Waals surface area contributed by atoms with E-state index in [-0.39, 0.29) is 12.5 Å². The lowest BCUT2D eigenvalue weighted by Crippen LogP contribution is -2.34. The highest BCUT2D eigenvalue weighted by Crippen LogP contribution is 2.28. The monoisotopic (exact) mass is 300 g/mol. The highest BCUT2D eigenvalue weighted by atomic mass is 16.5. The number of methoxy groups -OCH3 is 1. The van der Waals surface area contributed by atoms with Gasteiger partial charge < -0.3 is 14.4 Å². The molecular formula is C17H20N2O3. The van der Waals surface area contributed by atoms with Gasteiger partial charge in [-0.2, -0.15) is 0 Å². The van der Waals surface area contributed by atoms with E-state index in [0.717, 1.165) is 16.5 Å². The molecule has 0 spiro atoms. The zero-order chi connectivity index (χ0) is 15.7. The SMILES string of the molecule is COCCN1Cc2cc3c(C)cc(C)cc3nc2OCC1=O. The molecule has 22 heavy (non-hydrogen) atoms. The van der Waals surface area contributed by atoms with Crippen molar-refractivity contribution in [2.24, 2.45) is 0 Å². The number of rotatable bonds is 3. The van der Waals surface area contributed by atoms with Crippen molar-refractivity contribution in [2.45, 2.75) is 20.4 Å². The van der Waals surface area contributed by atoms with Crippen LogP contribution in [0.3, 0.4) is 0 Å². The third-order valence-electron chi connectivity index (χ3n) is 3.94. The molecule has 116 valence electrons. The van der Waals surface area contributed by atoms with Crippen molar-refractivity contribution < 1.29 is 14.3 Å². The predicted molar refractivity (Wildman–Crippen MR) is 84.0 cm³/mol. The lowest BCUT2D eigenvalue weighted by Gasteiger charge is -2.19. The van der Waals surface area contributed by atoms with Crippen LogP contribution in [-0.2, 0) is 16.1 Å². The summed E-state index contributed by atoms with van der Waals surface area (Å²) in [5, 5.41) is 1.11. The molecule has 1 amide bonds. The molecule has 2 aromatic rings. The standard InChI is InChI=1S/C17H20N2O3/c1-11-6-12(2)14-8-13-9-19(4-5-21-3)16(20)10-22-17(13)18-15(14)7-11/h6-8H,4-5,9-10H2,1-3H3. The number of benzene rings is 1. The topological polar surface area (TPSA) is 51.7 Å². The smallest absolute Gasteiger partial charge is 0.260 e. The number of hydrogen-bond donors (Lipinski definition) is 0. The van der Waals surface area contributed by atoms with Gasteiger partial charge in [-0.1, -0.05) is 6.07 Å². The second-order valence-corrected chi connectivity index (χ2v) is 5.70. The number of fused-ring (bicyclic) bond motifs is 2. The third kappa shape index (κ3) is 2.76. The van der Waals surface area contributed by atoms with E-state index in [1.807, 2.05) is 6.07 Å². The van der Waals surface area contributed by atoms with Crippen molar-refractivity contribution in [3.05, 3.63) is 34.9 Å². The largest absolute Gasteiger partial charge is 0.467 e. The molecular weight excluding hydrogens is 280 g/mol. The molecule has 0 saturated carbocycles. The Hall–Kier alpha value is -2.14. The maximum atomic E-state index is 12.1. The molecule has 5 heteroatoms. The number of nitrogens with zero attached hydrogens (tertiary/aromatic N) is 2. The van der Waals surface area contributed by atoms with Gasteiger partial charge >= 0.3 is 0 Å². The molecule has 0 bridgehead atoms. The minimum absolute atomic E-state index is 0.0278. The summed E-state index contributed by atoms with van der Waals surface area (Å²) in [6, 6.07) is 6.27. The van der Waals surface area contributed by atoms with E-state index in [0.29, 0.717) is 25.6 Å². The predicted octanol–water partition coefficient (Wildman–Crippen LogP) is 2.22. The molecule has 0 unspecified atom stereocenters. The van der Waals surface area contributed by atoms with Crippen LogP contribution in [-0.4, -0.2) is 42.7 Å². The number of aryl methyl sites for hydroxylation is 2. The number of ether oxygens (including phenoxy) is 2. The fourth-order valence-electron chi connectivity index (χ4n) is 2.81. The zero-order valence-electron chi connectivity index (χ0n) is 13.2. The third-order valence-corrected chi connectivity index (χ3v) is 3.94. The van der Waals surface area contributed by atoms with Crippen molar-refractivity contribution in [1.29, 1.82) is 0 Å². The summed E-state index contributed by atoms with van der Waals surface area (Å²) in [6.07, 6.45) is 0. The second kappa shape index (κ2) is 5.93. The van der Waals surface area contributed by atoms with Gasteiger partial charge in [0.1, 0.15) is 0 Å². The van der Waals surface area contributed by atoms with Gasteiger partial charge in [-0.25, -0.2) is 4.98 Å². The first-order valence-electron chi connectivity index (χ1n) is 7.39. The summed E-state index contributed by atoms with van der Waals surface area (Å²) in [6.45, 7) is 5.74. The molecule has 1 aromatic carbocycles. The molecule has 0 atom stereocenters. The van der Waals surface area contributed by atoms with Gasteiger partial charge in [0.2, 0.25) is 5.88 Å². The molecule has 0 saturated heterocycles. The van der Waals surface area contributed by atoms with Gasteiger partial charge in [0, 0.05) is 24.6 Å². The summed E-state index contributed by atoms with van der Waals surface area (Å²) in [4.78, 5) is 18.5. The minimum Gasteiger partial charge on any atom is -0.467 e. The molecule has 1 aromatic heterocycles. The fraction of sp³-hybridized carbons (Fsp3) is 0.412. The molecule has 3 rings (SSSR count). The summed E-state index contributed by atoms with van der Waals surface area (Å²) >= 11 is 0. The number of aromatic nitrogens is 1. The molecule has 2 heterocycles. The van der Waals surface area contributed by atoms with E-state index in [4.69, 9.17) is 9.47 Å². The van der Waals surface area contributed by atoms with Crippen LogP contribution in [0, 0.1) is 13.8 Å². The Kier molecular flexibility index (Phi) is 3.98. The second-order valence-electron chi connectivity index (χ2n) is 5.70. The Morgan fingerprint density at radius 2 is 2.14 bits per heavy atom. The average molecular weight is 300 g/mol. The molecule has 0 radical (unpaired) electrons. The quantitative estimate of drug-likeness (QED) is 0.872. The van der Waals surface area contributed by atoms with Crippen LogP contribution >= 0.6 is 0 Å². The van der Waals surface area contributed by atoms with Crippen molar-refractivity contribution >= 4 is 16.8 Å². The van der Waals surface area contributed by atoms with Crippen molar-refractivity contribution in [1.82, 2.24) is 9.88 Å². The Morgan fingerprint density at radius 1 is 1.32 bits per heavy atom. The van der Waals surface area contributed by atoms with E-state index in [1.54, 1.807) is 12.0 Å². The Balaban J connectivity index is 2.03. The van der Waals surface area contributed by atoms with Crippen LogP contribution in [0.1, 0.15) is 16.7 Å². The molecule has 5 nitrogen and oxygen atoms in total. The van der Waals surface area contributed by atoms with Gasteiger partial charge in [-0.3, -0.25) is 4.79 Å². The number of carbonyl (C=O) groups excluding carboxylic acids is 1. The summed E-state index contributed by atoms with van der Waals surface area (Å²) < 4.78 is 10.7. The molecule has 0 aliphatic carbocycles. The maximum Gasteiger partial charge on any atom is 0.260 e. The molecule has 1 aliphatic heterocycles. The van der Waals surface area contributed by atoms with Crippen LogP contribution in [0.2, 0.25) is 0 Å². The molecule has 0 N–H and O–H groups in total. The van der Waals surface area contributed by atoms with Crippen LogP contribution in [0.4, 0.5) is 0 Å². The molecule has 1 aliphatic rings. The van der Waals surface area contributed by atoms with Crippen molar-refractivity contribution in [2.75, 3.05) is 26.9 Å². The van der Waals surface area contributed by atoms with E-state index in [1.165, 1.54) is 11.1 Å². The van der Waals surface area contributed by atoms with E-state index < -0.39 is 0 Å². The average Bonchev–Trinajstić information content (AvgIpc) is 2.63. The lowest BCUT2D eigenvalue weighted by molar-refractivity contribution is -0.133. The normalized spacial score (nSPS) is 14.7. The number of hydrogen-bond acceptors (Lipinski definition) is 4. The molecule has 0 fully saturated rings. The van der Waals surface area contributed by atoms with Gasteiger partial charge in [-0.15, -0.1) is 0 Å². The van der Waals surface area contributed by atoms with E-state index in [2.05, 4.69) is 31.0 Å². The summed E-state index contributed by atoms with van der Waals surface area (Å²) in [5.41, 5.74) is 4.21. The van der Waals surface area contributed by atoms with Gasteiger partial charge in [0.05, 0.1) is 18.7 Å². The van der Waals surface area contributed by atoms with Gasteiger partial charge in [-0.05, 0) is 37.1 Å². The summed E-state index contributed by atoms with van der Waals surface area (Å²) in [7, 11) is 1.63. The fourth-order valence-corrected chi connectivity index (χ4v) is 2.81. The Labute approximate surface area is 129 Å². The Bertz CT molecular complexity index is 727. The van der Waals surface area contributed by atoms with Crippen molar-refractivity contribution in [3.8, 4) is 5.88 Å². The van der Waals surface area contributed by atoms with Crippen LogP contribution in [0.5, 0.6) is 5.88 Å². The van der Waals surface area contributed by atoms with Gasteiger partial charge in [0.15, 0.2) is 6.61 Å². The zero-order valence-corrected chi connectivity index (χ0v) is 13.2. The number of pyridine rings is 1. The van der Waals surface area contributed by atoms with Crippen LogP contribution < -0.4 is 4.74 Å². The van der Waals surface area contributed by atoms with Crippen molar-refractivity contribution in [3.63, 3.8) is 0 Å². The highest BCUT2D eigenvalue weighted by molar-refractivity contribution is 5.85. The Morgan fingerprint density at radius 3 is 2.91 bits per heavy atom. The number of carbonyl (C=O) groups is 1. The minimum atomic E-state index is -0.0352. The van der Waals surface area contributed by atoms with Gasteiger partial charge in [0.25, 0.3) is 5.91 Å². The first kappa shape index (κ1) is 14.8. The first-order chi connectivity index (χ1) is 10.6.